The van der Waals surface area contributed by atoms with E-state index < -0.39 is 0 Å². The van der Waals surface area contributed by atoms with Crippen LogP contribution in [0.4, 0.5) is 17.1 Å². The summed E-state index contributed by atoms with van der Waals surface area (Å²) in [4.78, 5) is 22.0. The van der Waals surface area contributed by atoms with Crippen LogP contribution in [0.15, 0.2) is 42.5 Å². The number of aromatic nitrogens is 1. The Morgan fingerprint density at radius 2 is 1.80 bits per heavy atom. The number of piperazine rings is 1. The zero-order valence-corrected chi connectivity index (χ0v) is 21.1. The molecule has 0 atom stereocenters. The number of benzene rings is 2. The molecule has 2 aromatic carbocycles. The van der Waals surface area contributed by atoms with E-state index in [0.717, 1.165) is 73.4 Å². The highest BCUT2D eigenvalue weighted by Crippen LogP contribution is 2.29. The highest BCUT2D eigenvalue weighted by molar-refractivity contribution is 5.98. The van der Waals surface area contributed by atoms with Gasteiger partial charge in [0.25, 0.3) is 0 Å². The lowest BCUT2D eigenvalue weighted by atomic mass is 10.0. The Balaban J connectivity index is 1.22. The summed E-state index contributed by atoms with van der Waals surface area (Å²) in [5, 5.41) is 3.80. The summed E-state index contributed by atoms with van der Waals surface area (Å²) in [6.45, 7) is 11.7. The van der Waals surface area contributed by atoms with Gasteiger partial charge in [0.1, 0.15) is 6.61 Å². The van der Waals surface area contributed by atoms with Crippen molar-refractivity contribution in [3.05, 3.63) is 59.3 Å². The number of nitrogen functional groups attached to an aromatic ring is 1. The van der Waals surface area contributed by atoms with Crippen LogP contribution in [0.2, 0.25) is 0 Å². The lowest BCUT2D eigenvalue weighted by Crippen LogP contribution is -2.47. The Labute approximate surface area is 208 Å². The molecule has 1 saturated heterocycles. The molecule has 0 unspecified atom stereocenters. The van der Waals surface area contributed by atoms with Crippen LogP contribution >= 0.6 is 0 Å². The summed E-state index contributed by atoms with van der Waals surface area (Å²) < 4.78 is 5.67. The first kappa shape index (κ1) is 24.9. The quantitative estimate of drug-likeness (QED) is 0.455. The zero-order valence-electron chi connectivity index (χ0n) is 21.1. The van der Waals surface area contributed by atoms with Gasteiger partial charge in [-0.2, -0.15) is 0 Å². The number of carbonyl (C=O) groups is 1. The molecule has 1 aliphatic heterocycles. The van der Waals surface area contributed by atoms with Gasteiger partial charge >= 0.3 is 0 Å². The minimum absolute atomic E-state index is 0.0318. The average molecular weight is 476 g/mol. The van der Waals surface area contributed by atoms with Crippen molar-refractivity contribution in [1.82, 2.24) is 9.88 Å². The smallest absolute Gasteiger partial charge is 0.250 e. The summed E-state index contributed by atoms with van der Waals surface area (Å²) >= 11 is 0. The van der Waals surface area contributed by atoms with Gasteiger partial charge in [-0.05, 0) is 55.7 Å². The Morgan fingerprint density at radius 3 is 2.49 bits per heavy atom. The molecule has 186 valence electrons. The van der Waals surface area contributed by atoms with E-state index in [1.807, 2.05) is 18.2 Å². The molecule has 3 N–H and O–H groups in total. The molecule has 35 heavy (non-hydrogen) atoms. The number of aryl methyl sites for hydroxylation is 2. The maximum atomic E-state index is 12.4. The number of amides is 1. The molecule has 1 aliphatic rings. The fourth-order valence-corrected chi connectivity index (χ4v) is 4.69. The van der Waals surface area contributed by atoms with Gasteiger partial charge in [0.2, 0.25) is 5.91 Å². The van der Waals surface area contributed by atoms with Crippen LogP contribution in [-0.4, -0.2) is 61.7 Å². The number of hydrogen-bond acceptors (Lipinski definition) is 6. The predicted molar refractivity (Wildman–Crippen MR) is 144 cm³/mol. The molecule has 0 aliphatic carbocycles. The van der Waals surface area contributed by atoms with Gasteiger partial charge in [0, 0.05) is 60.9 Å². The third kappa shape index (κ3) is 6.10. The van der Waals surface area contributed by atoms with Gasteiger partial charge in [-0.1, -0.05) is 31.5 Å². The first-order chi connectivity index (χ1) is 17.0. The van der Waals surface area contributed by atoms with E-state index in [-0.39, 0.29) is 12.5 Å². The molecular weight excluding hydrogens is 438 g/mol. The molecule has 0 spiro atoms. The molecule has 1 fully saturated rings. The number of hydrogen-bond donors (Lipinski definition) is 2. The van der Waals surface area contributed by atoms with Crippen molar-refractivity contribution in [2.45, 2.75) is 33.6 Å². The van der Waals surface area contributed by atoms with E-state index in [2.05, 4.69) is 60.2 Å². The molecular formula is C28H37N5O2. The Hall–Kier alpha value is -3.16. The SMILES string of the molecule is CCc1nc2ccc(NC(=O)COCCN3CCN(c4ccc(C)cc4)CC3)cc2c(N)c1CC. The standard InChI is InChI=1S/C28H37N5O2/c1-4-23-25(5-2)31-26-11-8-21(18-24(26)28(23)29)30-27(34)19-35-17-16-32-12-14-33(15-13-32)22-9-6-20(3)7-10-22/h6-11,18H,4-5,12-17,19H2,1-3H3,(H2,29,31)(H,30,34). The number of nitrogens with two attached hydrogens (primary N) is 1. The van der Waals surface area contributed by atoms with E-state index in [9.17, 15) is 4.79 Å². The Morgan fingerprint density at radius 1 is 1.06 bits per heavy atom. The van der Waals surface area contributed by atoms with Crippen LogP contribution in [0.3, 0.4) is 0 Å². The summed E-state index contributed by atoms with van der Waals surface area (Å²) in [6, 6.07) is 14.4. The lowest BCUT2D eigenvalue weighted by molar-refractivity contribution is -0.120. The van der Waals surface area contributed by atoms with Crippen molar-refractivity contribution >= 4 is 33.9 Å². The Bertz CT molecular complexity index is 1150. The van der Waals surface area contributed by atoms with Crippen molar-refractivity contribution in [3.8, 4) is 0 Å². The third-order valence-electron chi connectivity index (χ3n) is 6.74. The highest BCUT2D eigenvalue weighted by atomic mass is 16.5. The molecule has 0 saturated carbocycles. The number of fused-ring (bicyclic) bond motifs is 1. The largest absolute Gasteiger partial charge is 0.398 e. The second-order valence-electron chi connectivity index (χ2n) is 9.15. The number of carbonyl (C=O) groups excluding carboxylic acids is 1. The molecule has 7 heteroatoms. The van der Waals surface area contributed by atoms with Crippen molar-refractivity contribution in [2.24, 2.45) is 0 Å². The van der Waals surface area contributed by atoms with Gasteiger partial charge in [-0.25, -0.2) is 0 Å². The van der Waals surface area contributed by atoms with Gasteiger partial charge in [-0.15, -0.1) is 0 Å². The first-order valence-corrected chi connectivity index (χ1v) is 12.6. The lowest BCUT2D eigenvalue weighted by Gasteiger charge is -2.36. The van der Waals surface area contributed by atoms with Crippen molar-refractivity contribution in [2.75, 3.05) is 61.9 Å². The molecule has 7 nitrogen and oxygen atoms in total. The van der Waals surface area contributed by atoms with Crippen LogP contribution in [0.25, 0.3) is 10.9 Å². The van der Waals surface area contributed by atoms with Gasteiger partial charge in [-0.3, -0.25) is 14.7 Å². The molecule has 1 amide bonds. The molecule has 4 rings (SSSR count). The summed E-state index contributed by atoms with van der Waals surface area (Å²) in [5.74, 6) is -0.166. The normalized spacial score (nSPS) is 14.4. The van der Waals surface area contributed by atoms with E-state index in [4.69, 9.17) is 15.5 Å². The molecule has 0 radical (unpaired) electrons. The first-order valence-electron chi connectivity index (χ1n) is 12.6. The van der Waals surface area contributed by atoms with Crippen LogP contribution in [0, 0.1) is 6.92 Å². The number of nitrogens with one attached hydrogen (secondary N) is 1. The van der Waals surface area contributed by atoms with Crippen LogP contribution in [0.5, 0.6) is 0 Å². The van der Waals surface area contributed by atoms with E-state index in [0.29, 0.717) is 12.3 Å². The summed E-state index contributed by atoms with van der Waals surface area (Å²) in [6.07, 6.45) is 1.69. The summed E-state index contributed by atoms with van der Waals surface area (Å²) in [5.41, 5.74) is 13.5. The minimum atomic E-state index is -0.166. The molecule has 0 bridgehead atoms. The van der Waals surface area contributed by atoms with E-state index in [1.165, 1.54) is 11.3 Å². The fraction of sp³-hybridized carbons (Fsp3) is 0.429. The molecule has 1 aromatic heterocycles. The van der Waals surface area contributed by atoms with Crippen molar-refractivity contribution in [3.63, 3.8) is 0 Å². The Kier molecular flexibility index (Phi) is 8.21. The van der Waals surface area contributed by atoms with Gasteiger partial charge < -0.3 is 20.7 Å². The minimum Gasteiger partial charge on any atom is -0.398 e. The van der Waals surface area contributed by atoms with Crippen LogP contribution < -0.4 is 16.0 Å². The number of pyridine rings is 1. The van der Waals surface area contributed by atoms with E-state index in [1.54, 1.807) is 0 Å². The second-order valence-corrected chi connectivity index (χ2v) is 9.15. The third-order valence-corrected chi connectivity index (χ3v) is 6.74. The van der Waals surface area contributed by atoms with Gasteiger partial charge in [0.05, 0.1) is 12.1 Å². The predicted octanol–water partition coefficient (Wildman–Crippen LogP) is 4.03. The average Bonchev–Trinajstić information content (AvgIpc) is 2.87. The van der Waals surface area contributed by atoms with Gasteiger partial charge in [0.15, 0.2) is 0 Å². The summed E-state index contributed by atoms with van der Waals surface area (Å²) in [7, 11) is 0. The number of rotatable bonds is 9. The number of anilines is 3. The van der Waals surface area contributed by atoms with E-state index >= 15 is 0 Å². The maximum Gasteiger partial charge on any atom is 0.250 e. The molecule has 2 heterocycles. The fourth-order valence-electron chi connectivity index (χ4n) is 4.69. The number of ether oxygens (including phenoxy) is 1. The maximum absolute atomic E-state index is 12.4. The monoisotopic (exact) mass is 475 g/mol. The zero-order chi connectivity index (χ0) is 24.8. The number of nitrogens with zero attached hydrogens (tertiary/aromatic N) is 3. The van der Waals surface area contributed by atoms with Crippen molar-refractivity contribution in [1.29, 1.82) is 0 Å². The molecule has 3 aromatic rings. The highest BCUT2D eigenvalue weighted by Gasteiger charge is 2.17. The second kappa shape index (κ2) is 11.5. The van der Waals surface area contributed by atoms with Crippen LogP contribution in [0.1, 0.15) is 30.7 Å². The topological polar surface area (TPSA) is 83.7 Å². The van der Waals surface area contributed by atoms with Crippen molar-refractivity contribution < 1.29 is 9.53 Å². The van der Waals surface area contributed by atoms with Crippen LogP contribution in [-0.2, 0) is 22.4 Å².